The van der Waals surface area contributed by atoms with Gasteiger partial charge in [-0.05, 0) is 0 Å². The number of rotatable bonds is 5. The third-order valence-electron chi connectivity index (χ3n) is 4.23. The standard InChI is InChI=1S/C14H21N5O7/c15-12-7-13(17-6(16-7)1-4(22)2-20)19-14(18-12)11-10(25)9(24)8(23)5(3-21)26-11/h4-5,8-11,20-25H,1-3H2,(H3,15,16,17,18,19)/t4?,5-,8-,9+,10+,11?/m0/s1. The van der Waals surface area contributed by atoms with Crippen LogP contribution in [0, 0.1) is 0 Å². The van der Waals surface area contributed by atoms with Crippen LogP contribution in [0.2, 0.25) is 0 Å². The van der Waals surface area contributed by atoms with E-state index in [1.807, 2.05) is 0 Å². The second kappa shape index (κ2) is 7.36. The molecular formula is C14H21N5O7. The Morgan fingerprint density at radius 2 is 1.81 bits per heavy atom. The van der Waals surface area contributed by atoms with Gasteiger partial charge in [0.2, 0.25) is 0 Å². The predicted molar refractivity (Wildman–Crippen MR) is 85.6 cm³/mol. The number of H-pyrrole nitrogens is 1. The number of aliphatic hydroxyl groups is 6. The fraction of sp³-hybridized carbons (Fsp3) is 0.643. The van der Waals surface area contributed by atoms with Crippen molar-refractivity contribution in [3.05, 3.63) is 11.6 Å². The molecule has 2 aromatic rings. The van der Waals surface area contributed by atoms with Gasteiger partial charge in [0.1, 0.15) is 41.9 Å². The van der Waals surface area contributed by atoms with Crippen LogP contribution in [0.25, 0.3) is 11.2 Å². The molecule has 1 aliphatic rings. The SMILES string of the molecule is Nc1nc(C2O[C@@H](CO)[C@H](O)[C@@H](O)[C@H]2O)nc2nc(CC(O)CO)[nH]c12. The van der Waals surface area contributed by atoms with Gasteiger partial charge in [0.25, 0.3) is 0 Å². The quantitative estimate of drug-likeness (QED) is 0.256. The molecule has 0 aliphatic carbocycles. The Kier molecular flexibility index (Phi) is 5.34. The van der Waals surface area contributed by atoms with E-state index in [4.69, 9.17) is 15.6 Å². The molecule has 0 radical (unpaired) electrons. The number of aromatic nitrogens is 4. The maximum Gasteiger partial charge on any atom is 0.183 e. The van der Waals surface area contributed by atoms with E-state index >= 15 is 0 Å². The summed E-state index contributed by atoms with van der Waals surface area (Å²) >= 11 is 0. The molecule has 26 heavy (non-hydrogen) atoms. The second-order valence-electron chi connectivity index (χ2n) is 6.14. The highest BCUT2D eigenvalue weighted by molar-refractivity contribution is 5.81. The molecule has 1 aliphatic heterocycles. The molecule has 144 valence electrons. The number of fused-ring (bicyclic) bond motifs is 1. The summed E-state index contributed by atoms with van der Waals surface area (Å²) in [4.78, 5) is 15.2. The molecule has 1 saturated heterocycles. The van der Waals surface area contributed by atoms with E-state index in [0.717, 1.165) is 0 Å². The summed E-state index contributed by atoms with van der Waals surface area (Å²) in [7, 11) is 0. The molecule has 3 heterocycles. The van der Waals surface area contributed by atoms with Gasteiger partial charge < -0.3 is 46.1 Å². The van der Waals surface area contributed by atoms with Crippen molar-refractivity contribution >= 4 is 17.0 Å². The molecule has 0 amide bonds. The second-order valence-corrected chi connectivity index (χ2v) is 6.14. The van der Waals surface area contributed by atoms with Gasteiger partial charge in [-0.3, -0.25) is 0 Å². The van der Waals surface area contributed by atoms with Crippen LogP contribution in [0.5, 0.6) is 0 Å². The fourth-order valence-electron chi connectivity index (χ4n) is 2.81. The molecule has 9 N–H and O–H groups in total. The maximum absolute atomic E-state index is 10.2. The van der Waals surface area contributed by atoms with Gasteiger partial charge in [-0.15, -0.1) is 0 Å². The number of nitrogen functional groups attached to an aromatic ring is 1. The summed E-state index contributed by atoms with van der Waals surface area (Å²) in [6.45, 7) is -1.01. The number of nitrogens with one attached hydrogen (secondary N) is 1. The van der Waals surface area contributed by atoms with E-state index in [-0.39, 0.29) is 23.7 Å². The lowest BCUT2D eigenvalue weighted by atomic mass is 9.95. The zero-order chi connectivity index (χ0) is 19.0. The number of hydrogen-bond acceptors (Lipinski definition) is 11. The monoisotopic (exact) mass is 371 g/mol. The van der Waals surface area contributed by atoms with Crippen molar-refractivity contribution in [1.82, 2.24) is 19.9 Å². The summed E-state index contributed by atoms with van der Waals surface area (Å²) < 4.78 is 5.41. The number of nitrogens with two attached hydrogens (primary N) is 1. The minimum Gasteiger partial charge on any atom is -0.394 e. The number of nitrogens with zero attached hydrogens (tertiary/aromatic N) is 3. The van der Waals surface area contributed by atoms with Crippen molar-refractivity contribution in [2.45, 2.75) is 43.0 Å². The first-order valence-electron chi connectivity index (χ1n) is 7.97. The van der Waals surface area contributed by atoms with Crippen LogP contribution < -0.4 is 5.73 Å². The topological polar surface area (TPSA) is 211 Å². The third kappa shape index (κ3) is 3.35. The molecule has 0 spiro atoms. The van der Waals surface area contributed by atoms with E-state index in [1.165, 1.54) is 0 Å². The summed E-state index contributed by atoms with van der Waals surface area (Å²) in [5.74, 6) is 0.250. The smallest absolute Gasteiger partial charge is 0.183 e. The Bertz CT molecular complexity index is 769. The van der Waals surface area contributed by atoms with Crippen molar-refractivity contribution < 1.29 is 35.4 Å². The van der Waals surface area contributed by atoms with Crippen LogP contribution in [0.3, 0.4) is 0 Å². The molecule has 12 heteroatoms. The van der Waals surface area contributed by atoms with Crippen molar-refractivity contribution in [3.63, 3.8) is 0 Å². The van der Waals surface area contributed by atoms with E-state index in [2.05, 4.69) is 19.9 Å². The van der Waals surface area contributed by atoms with E-state index in [0.29, 0.717) is 11.3 Å². The number of aromatic amines is 1. The molecule has 3 rings (SSSR count). The Hall–Kier alpha value is -1.93. The molecule has 12 nitrogen and oxygen atoms in total. The number of hydrogen-bond donors (Lipinski definition) is 8. The minimum absolute atomic E-state index is 0.000742. The Morgan fingerprint density at radius 3 is 2.46 bits per heavy atom. The van der Waals surface area contributed by atoms with Gasteiger partial charge in [-0.25, -0.2) is 15.0 Å². The normalized spacial score (nSPS) is 30.6. The molecule has 2 unspecified atom stereocenters. The van der Waals surface area contributed by atoms with Crippen molar-refractivity contribution in [2.75, 3.05) is 18.9 Å². The van der Waals surface area contributed by atoms with Crippen LogP contribution in [0.4, 0.5) is 5.82 Å². The predicted octanol–water partition coefficient (Wildman–Crippen LogP) is -3.65. The molecule has 0 aromatic carbocycles. The van der Waals surface area contributed by atoms with Gasteiger partial charge in [0.05, 0.1) is 19.3 Å². The average molecular weight is 371 g/mol. The number of ether oxygens (including phenoxy) is 1. The fourth-order valence-corrected chi connectivity index (χ4v) is 2.81. The van der Waals surface area contributed by atoms with Gasteiger partial charge >= 0.3 is 0 Å². The maximum atomic E-state index is 10.2. The van der Waals surface area contributed by atoms with E-state index in [9.17, 15) is 25.5 Å². The highest BCUT2D eigenvalue weighted by atomic mass is 16.5. The van der Waals surface area contributed by atoms with Crippen molar-refractivity contribution in [2.24, 2.45) is 0 Å². The largest absolute Gasteiger partial charge is 0.394 e. The third-order valence-corrected chi connectivity index (χ3v) is 4.23. The molecular weight excluding hydrogens is 350 g/mol. The minimum atomic E-state index is -1.57. The number of aliphatic hydroxyl groups excluding tert-OH is 6. The lowest BCUT2D eigenvalue weighted by molar-refractivity contribution is -0.233. The van der Waals surface area contributed by atoms with Crippen LogP contribution in [0.1, 0.15) is 17.8 Å². The van der Waals surface area contributed by atoms with E-state index < -0.39 is 49.8 Å². The zero-order valence-electron chi connectivity index (χ0n) is 13.6. The van der Waals surface area contributed by atoms with Crippen LogP contribution in [0.15, 0.2) is 0 Å². The lowest BCUT2D eigenvalue weighted by Gasteiger charge is -2.39. The van der Waals surface area contributed by atoms with Crippen molar-refractivity contribution in [1.29, 1.82) is 0 Å². The Balaban J connectivity index is 1.94. The zero-order valence-corrected chi connectivity index (χ0v) is 13.6. The summed E-state index contributed by atoms with van der Waals surface area (Å²) in [6.07, 6.45) is -7.91. The average Bonchev–Trinajstić information content (AvgIpc) is 3.02. The number of anilines is 1. The molecule has 2 aromatic heterocycles. The highest BCUT2D eigenvalue weighted by Gasteiger charge is 2.45. The Labute approximate surface area is 146 Å². The molecule has 6 atom stereocenters. The van der Waals surface area contributed by atoms with Gasteiger partial charge in [0.15, 0.2) is 17.3 Å². The van der Waals surface area contributed by atoms with Crippen molar-refractivity contribution in [3.8, 4) is 0 Å². The lowest BCUT2D eigenvalue weighted by Crippen LogP contribution is -2.55. The first-order chi connectivity index (χ1) is 12.3. The van der Waals surface area contributed by atoms with E-state index in [1.54, 1.807) is 0 Å². The first-order valence-corrected chi connectivity index (χ1v) is 7.97. The van der Waals surface area contributed by atoms with Crippen LogP contribution in [-0.2, 0) is 11.2 Å². The molecule has 1 fully saturated rings. The van der Waals surface area contributed by atoms with Gasteiger partial charge in [-0.2, -0.15) is 0 Å². The summed E-state index contributed by atoms with van der Waals surface area (Å²) in [5.41, 5.74) is 6.33. The highest BCUT2D eigenvalue weighted by Crippen LogP contribution is 2.32. The molecule has 0 saturated carbocycles. The Morgan fingerprint density at radius 1 is 1.08 bits per heavy atom. The first kappa shape index (κ1) is 18.8. The van der Waals surface area contributed by atoms with Gasteiger partial charge in [-0.1, -0.05) is 0 Å². The van der Waals surface area contributed by atoms with Crippen LogP contribution >= 0.6 is 0 Å². The number of imidazole rings is 1. The van der Waals surface area contributed by atoms with Gasteiger partial charge in [0, 0.05) is 6.42 Å². The summed E-state index contributed by atoms with van der Waals surface area (Å²) in [5, 5.41) is 57.6. The molecule has 0 bridgehead atoms. The summed E-state index contributed by atoms with van der Waals surface area (Å²) in [6, 6.07) is 0. The van der Waals surface area contributed by atoms with Crippen LogP contribution in [-0.4, -0.2) is 94.3 Å².